The maximum Gasteiger partial charge on any atom is 0.254 e. The second-order valence-corrected chi connectivity index (χ2v) is 5.26. The van der Waals surface area contributed by atoms with Gasteiger partial charge >= 0.3 is 0 Å². The van der Waals surface area contributed by atoms with Gasteiger partial charge < -0.3 is 9.64 Å². The van der Waals surface area contributed by atoms with E-state index in [1.54, 1.807) is 0 Å². The zero-order valence-corrected chi connectivity index (χ0v) is 12.8. The summed E-state index contributed by atoms with van der Waals surface area (Å²) in [6.45, 7) is 10.7. The summed E-state index contributed by atoms with van der Waals surface area (Å²) < 4.78 is 5.59. The lowest BCUT2D eigenvalue weighted by molar-refractivity contribution is 0.0650. The van der Waals surface area contributed by atoms with Crippen LogP contribution in [0.15, 0.2) is 36.9 Å². The van der Waals surface area contributed by atoms with Crippen molar-refractivity contribution in [2.75, 3.05) is 39.3 Å². The molecule has 0 saturated carbocycles. The number of benzene rings is 1. The monoisotopic (exact) mass is 288 g/mol. The Labute approximate surface area is 127 Å². The fourth-order valence-electron chi connectivity index (χ4n) is 2.44. The van der Waals surface area contributed by atoms with Gasteiger partial charge in [-0.2, -0.15) is 0 Å². The van der Waals surface area contributed by atoms with E-state index in [1.807, 2.05) is 35.2 Å². The van der Waals surface area contributed by atoms with Crippen LogP contribution in [0.4, 0.5) is 0 Å². The highest BCUT2D eigenvalue weighted by Crippen LogP contribution is 2.16. The van der Waals surface area contributed by atoms with E-state index in [-0.39, 0.29) is 5.91 Å². The molecule has 2 rings (SSSR count). The van der Waals surface area contributed by atoms with Gasteiger partial charge in [0.15, 0.2) is 0 Å². The molecule has 1 fully saturated rings. The maximum atomic E-state index is 12.5. The van der Waals surface area contributed by atoms with Crippen molar-refractivity contribution >= 4 is 5.91 Å². The van der Waals surface area contributed by atoms with Gasteiger partial charge in [0.05, 0.1) is 6.61 Å². The van der Waals surface area contributed by atoms with E-state index in [0.29, 0.717) is 12.2 Å². The maximum absolute atomic E-state index is 12.5. The summed E-state index contributed by atoms with van der Waals surface area (Å²) >= 11 is 0. The van der Waals surface area contributed by atoms with E-state index in [9.17, 15) is 4.79 Å². The van der Waals surface area contributed by atoms with Crippen molar-refractivity contribution in [1.29, 1.82) is 0 Å². The number of hydrogen-bond donors (Lipinski definition) is 0. The topological polar surface area (TPSA) is 32.8 Å². The highest BCUT2D eigenvalue weighted by atomic mass is 16.5. The molecule has 1 aliphatic rings. The first kappa shape index (κ1) is 15.6. The van der Waals surface area contributed by atoms with Crippen LogP contribution in [-0.2, 0) is 0 Å². The third-order valence-corrected chi connectivity index (χ3v) is 3.60. The number of hydrogen-bond acceptors (Lipinski definition) is 3. The summed E-state index contributed by atoms with van der Waals surface area (Å²) in [6.07, 6.45) is 2.87. The highest BCUT2D eigenvalue weighted by molar-refractivity contribution is 5.94. The summed E-state index contributed by atoms with van der Waals surface area (Å²) in [6, 6.07) is 7.48. The molecular weight excluding hydrogens is 264 g/mol. The predicted octanol–water partition coefficient (Wildman–Crippen LogP) is 2.42. The van der Waals surface area contributed by atoms with Crippen LogP contribution >= 0.6 is 0 Å². The second-order valence-electron chi connectivity index (χ2n) is 5.26. The van der Waals surface area contributed by atoms with Crippen molar-refractivity contribution in [1.82, 2.24) is 9.80 Å². The summed E-state index contributed by atoms with van der Waals surface area (Å²) in [5.41, 5.74) is 0.709. The highest BCUT2D eigenvalue weighted by Gasteiger charge is 2.21. The minimum Gasteiger partial charge on any atom is -0.494 e. The van der Waals surface area contributed by atoms with Crippen LogP contribution in [0, 0.1) is 0 Å². The van der Waals surface area contributed by atoms with E-state index in [1.165, 1.54) is 0 Å². The van der Waals surface area contributed by atoms with Crippen LogP contribution in [0.25, 0.3) is 0 Å². The third kappa shape index (κ3) is 4.33. The standard InChI is InChI=1S/C17H24N2O2/c1-3-8-18-9-11-19(12-10-18)17(20)15-6-5-7-16(14-15)21-13-4-2/h3,5-7,14H,1,4,8-13H2,2H3. The number of rotatable bonds is 6. The molecule has 114 valence electrons. The fraction of sp³-hybridized carbons (Fsp3) is 0.471. The molecule has 0 aromatic heterocycles. The molecule has 0 spiro atoms. The largest absolute Gasteiger partial charge is 0.494 e. The number of amides is 1. The van der Waals surface area contributed by atoms with Crippen LogP contribution in [0.3, 0.4) is 0 Å². The van der Waals surface area contributed by atoms with E-state index in [2.05, 4.69) is 18.4 Å². The Morgan fingerprint density at radius 1 is 1.33 bits per heavy atom. The van der Waals surface area contributed by atoms with Gasteiger partial charge in [-0.3, -0.25) is 9.69 Å². The zero-order chi connectivity index (χ0) is 15.1. The predicted molar refractivity (Wildman–Crippen MR) is 84.8 cm³/mol. The molecule has 0 radical (unpaired) electrons. The Balaban J connectivity index is 1.95. The first-order valence-corrected chi connectivity index (χ1v) is 7.60. The Kier molecular flexibility index (Phi) is 5.81. The smallest absolute Gasteiger partial charge is 0.254 e. The van der Waals surface area contributed by atoms with Crippen molar-refractivity contribution < 1.29 is 9.53 Å². The number of carbonyl (C=O) groups is 1. The van der Waals surface area contributed by atoms with Gasteiger partial charge in [-0.1, -0.05) is 19.1 Å². The van der Waals surface area contributed by atoms with Gasteiger partial charge in [-0.05, 0) is 24.6 Å². The minimum absolute atomic E-state index is 0.0928. The summed E-state index contributed by atoms with van der Waals surface area (Å²) in [7, 11) is 0. The molecule has 4 heteroatoms. The molecule has 1 aromatic rings. The quantitative estimate of drug-likeness (QED) is 0.754. The Bertz CT molecular complexity index is 479. The zero-order valence-electron chi connectivity index (χ0n) is 12.8. The van der Waals surface area contributed by atoms with Crippen molar-refractivity contribution in [2.24, 2.45) is 0 Å². The van der Waals surface area contributed by atoms with E-state index < -0.39 is 0 Å². The van der Waals surface area contributed by atoms with Gasteiger partial charge in [-0.15, -0.1) is 6.58 Å². The Hall–Kier alpha value is -1.81. The molecule has 1 heterocycles. The summed E-state index contributed by atoms with van der Waals surface area (Å²) in [4.78, 5) is 16.7. The van der Waals surface area contributed by atoms with Crippen molar-refractivity contribution in [2.45, 2.75) is 13.3 Å². The van der Waals surface area contributed by atoms with Crippen LogP contribution < -0.4 is 4.74 Å². The second kappa shape index (κ2) is 7.84. The van der Waals surface area contributed by atoms with Gasteiger partial charge in [0, 0.05) is 38.3 Å². The molecule has 0 atom stereocenters. The third-order valence-electron chi connectivity index (χ3n) is 3.60. The van der Waals surface area contributed by atoms with Crippen LogP contribution in [0.2, 0.25) is 0 Å². The first-order chi connectivity index (χ1) is 10.2. The van der Waals surface area contributed by atoms with Gasteiger partial charge in [0.25, 0.3) is 5.91 Å². The molecule has 0 bridgehead atoms. The average molecular weight is 288 g/mol. The van der Waals surface area contributed by atoms with Crippen molar-refractivity contribution in [3.05, 3.63) is 42.5 Å². The number of carbonyl (C=O) groups excluding carboxylic acids is 1. The number of nitrogens with zero attached hydrogens (tertiary/aromatic N) is 2. The number of ether oxygens (including phenoxy) is 1. The van der Waals surface area contributed by atoms with Gasteiger partial charge in [0.2, 0.25) is 0 Å². The molecule has 0 unspecified atom stereocenters. The van der Waals surface area contributed by atoms with Crippen molar-refractivity contribution in [3.63, 3.8) is 0 Å². The molecular formula is C17H24N2O2. The van der Waals surface area contributed by atoms with E-state index >= 15 is 0 Å². The lowest BCUT2D eigenvalue weighted by Gasteiger charge is -2.34. The molecule has 4 nitrogen and oxygen atoms in total. The SMILES string of the molecule is C=CCN1CCN(C(=O)c2cccc(OCCC)c2)CC1. The average Bonchev–Trinajstić information content (AvgIpc) is 2.53. The number of piperazine rings is 1. The molecule has 1 aromatic carbocycles. The summed E-state index contributed by atoms with van der Waals surface area (Å²) in [5.74, 6) is 0.864. The molecule has 0 aliphatic carbocycles. The Morgan fingerprint density at radius 2 is 2.10 bits per heavy atom. The molecule has 1 amide bonds. The lowest BCUT2D eigenvalue weighted by Crippen LogP contribution is -2.48. The minimum atomic E-state index is 0.0928. The van der Waals surface area contributed by atoms with Gasteiger partial charge in [-0.25, -0.2) is 0 Å². The fourth-order valence-corrected chi connectivity index (χ4v) is 2.44. The van der Waals surface area contributed by atoms with E-state index in [0.717, 1.165) is 44.9 Å². The first-order valence-electron chi connectivity index (χ1n) is 7.60. The van der Waals surface area contributed by atoms with Crippen molar-refractivity contribution in [3.8, 4) is 5.75 Å². The van der Waals surface area contributed by atoms with Crippen LogP contribution in [0.1, 0.15) is 23.7 Å². The Morgan fingerprint density at radius 3 is 2.76 bits per heavy atom. The normalized spacial score (nSPS) is 15.8. The lowest BCUT2D eigenvalue weighted by atomic mass is 10.1. The molecule has 1 saturated heterocycles. The van der Waals surface area contributed by atoms with Crippen LogP contribution in [-0.4, -0.2) is 55.0 Å². The molecule has 21 heavy (non-hydrogen) atoms. The van der Waals surface area contributed by atoms with Gasteiger partial charge in [0.1, 0.15) is 5.75 Å². The van der Waals surface area contributed by atoms with Crippen LogP contribution in [0.5, 0.6) is 5.75 Å². The van der Waals surface area contributed by atoms with E-state index in [4.69, 9.17) is 4.74 Å². The molecule has 1 aliphatic heterocycles. The molecule has 0 N–H and O–H groups in total. The summed E-state index contributed by atoms with van der Waals surface area (Å²) in [5, 5.41) is 0.